The molecule has 0 bridgehead atoms. The predicted octanol–water partition coefficient (Wildman–Crippen LogP) is 1.91. The van der Waals surface area contributed by atoms with Gasteiger partial charge in [0.05, 0.1) is 12.3 Å². The summed E-state index contributed by atoms with van der Waals surface area (Å²) in [7, 11) is 1.67. The minimum atomic E-state index is -0.305. The van der Waals surface area contributed by atoms with Crippen molar-refractivity contribution >= 4 is 0 Å². The molecule has 15 heavy (non-hydrogen) atoms. The fourth-order valence-electron chi connectivity index (χ4n) is 1.21. The van der Waals surface area contributed by atoms with Crippen LogP contribution >= 0.6 is 0 Å². The largest absolute Gasteiger partial charge is 0.380 e. The van der Waals surface area contributed by atoms with E-state index in [0.717, 1.165) is 12.1 Å². The number of hydrogen-bond donors (Lipinski definition) is 1. The third kappa shape index (κ3) is 3.93. The molecule has 0 aliphatic carbocycles. The molecule has 0 aromatic carbocycles. The Balaban J connectivity index is 2.50. The van der Waals surface area contributed by atoms with E-state index >= 15 is 0 Å². The Labute approximate surface area is 89.7 Å². The first-order valence-electron chi connectivity index (χ1n) is 5.00. The number of nitrogens with zero attached hydrogens (tertiary/aromatic N) is 1. The summed E-state index contributed by atoms with van der Waals surface area (Å²) in [5.74, 6) is -0.305. The predicted molar refractivity (Wildman–Crippen MR) is 57.1 cm³/mol. The molecular formula is C11H17FN2O. The number of methoxy groups -OCH3 is 1. The lowest BCUT2D eigenvalue weighted by Gasteiger charge is -2.16. The van der Waals surface area contributed by atoms with Gasteiger partial charge in [-0.1, -0.05) is 0 Å². The molecule has 1 aromatic heterocycles. The van der Waals surface area contributed by atoms with Gasteiger partial charge in [-0.25, -0.2) is 4.39 Å². The molecule has 2 unspecified atom stereocenters. The van der Waals surface area contributed by atoms with Crippen molar-refractivity contribution in [1.29, 1.82) is 0 Å². The van der Waals surface area contributed by atoms with Gasteiger partial charge in [0.1, 0.15) is 5.82 Å². The molecule has 1 aromatic rings. The highest BCUT2D eigenvalue weighted by molar-refractivity contribution is 5.14. The summed E-state index contributed by atoms with van der Waals surface area (Å²) in [6.45, 7) is 4.68. The number of ether oxygens (including phenoxy) is 1. The molecule has 0 fully saturated rings. The number of halogens is 1. The average molecular weight is 212 g/mol. The molecule has 84 valence electrons. The Morgan fingerprint density at radius 1 is 1.47 bits per heavy atom. The van der Waals surface area contributed by atoms with Crippen LogP contribution in [0.3, 0.4) is 0 Å². The van der Waals surface area contributed by atoms with Gasteiger partial charge in [0, 0.05) is 25.9 Å². The first-order chi connectivity index (χ1) is 7.13. The summed E-state index contributed by atoms with van der Waals surface area (Å²) >= 11 is 0. The van der Waals surface area contributed by atoms with Crippen molar-refractivity contribution in [2.24, 2.45) is 0 Å². The molecule has 0 aliphatic heterocycles. The SMILES string of the molecule is COC(C)CNC(C)c1cncc(F)c1. The zero-order valence-corrected chi connectivity index (χ0v) is 9.33. The summed E-state index contributed by atoms with van der Waals surface area (Å²) in [4.78, 5) is 3.81. The van der Waals surface area contributed by atoms with E-state index < -0.39 is 0 Å². The summed E-state index contributed by atoms with van der Waals surface area (Å²) in [5, 5.41) is 3.25. The highest BCUT2D eigenvalue weighted by atomic mass is 19.1. The van der Waals surface area contributed by atoms with E-state index in [1.165, 1.54) is 12.3 Å². The van der Waals surface area contributed by atoms with Crippen molar-refractivity contribution in [1.82, 2.24) is 10.3 Å². The van der Waals surface area contributed by atoms with Gasteiger partial charge in [-0.2, -0.15) is 0 Å². The first-order valence-corrected chi connectivity index (χ1v) is 5.00. The van der Waals surface area contributed by atoms with Crippen LogP contribution in [-0.2, 0) is 4.74 Å². The Hall–Kier alpha value is -1.00. The van der Waals surface area contributed by atoms with Crippen LogP contribution in [0.5, 0.6) is 0 Å². The summed E-state index contributed by atoms with van der Waals surface area (Å²) < 4.78 is 18.0. The van der Waals surface area contributed by atoms with Gasteiger partial charge < -0.3 is 10.1 Å². The van der Waals surface area contributed by atoms with Gasteiger partial charge in [0.25, 0.3) is 0 Å². The molecule has 0 saturated carbocycles. The molecule has 1 heterocycles. The van der Waals surface area contributed by atoms with Gasteiger partial charge in [0.15, 0.2) is 0 Å². The molecule has 1 rings (SSSR count). The lowest BCUT2D eigenvalue weighted by atomic mass is 10.1. The van der Waals surface area contributed by atoms with Gasteiger partial charge in [-0.3, -0.25) is 4.98 Å². The van der Waals surface area contributed by atoms with E-state index in [9.17, 15) is 4.39 Å². The second kappa shape index (κ2) is 5.78. The molecule has 0 spiro atoms. The number of rotatable bonds is 5. The van der Waals surface area contributed by atoms with E-state index in [1.807, 2.05) is 13.8 Å². The monoisotopic (exact) mass is 212 g/mol. The first kappa shape index (κ1) is 12.1. The van der Waals surface area contributed by atoms with Crippen molar-refractivity contribution in [3.8, 4) is 0 Å². The average Bonchev–Trinajstić information content (AvgIpc) is 2.25. The lowest BCUT2D eigenvalue weighted by Crippen LogP contribution is -2.28. The molecule has 0 saturated heterocycles. The Bertz CT molecular complexity index is 306. The van der Waals surface area contributed by atoms with Crippen LogP contribution in [0.25, 0.3) is 0 Å². The molecule has 0 amide bonds. The highest BCUT2D eigenvalue weighted by Gasteiger charge is 2.07. The van der Waals surface area contributed by atoms with Gasteiger partial charge in [-0.15, -0.1) is 0 Å². The van der Waals surface area contributed by atoms with Gasteiger partial charge in [0.2, 0.25) is 0 Å². The second-order valence-electron chi connectivity index (χ2n) is 3.61. The van der Waals surface area contributed by atoms with Crippen molar-refractivity contribution < 1.29 is 9.13 Å². The molecule has 2 atom stereocenters. The van der Waals surface area contributed by atoms with Gasteiger partial charge >= 0.3 is 0 Å². The molecule has 1 N–H and O–H groups in total. The lowest BCUT2D eigenvalue weighted by molar-refractivity contribution is 0.115. The van der Waals surface area contributed by atoms with Crippen molar-refractivity contribution in [2.45, 2.75) is 26.0 Å². The van der Waals surface area contributed by atoms with E-state index in [1.54, 1.807) is 13.3 Å². The fourth-order valence-corrected chi connectivity index (χ4v) is 1.21. The van der Waals surface area contributed by atoms with Crippen LogP contribution in [0.15, 0.2) is 18.5 Å². The molecule has 0 aliphatic rings. The Morgan fingerprint density at radius 3 is 2.80 bits per heavy atom. The maximum Gasteiger partial charge on any atom is 0.141 e. The van der Waals surface area contributed by atoms with Crippen molar-refractivity contribution in [2.75, 3.05) is 13.7 Å². The third-order valence-corrected chi connectivity index (χ3v) is 2.34. The molecule has 3 nitrogen and oxygen atoms in total. The Morgan fingerprint density at radius 2 is 2.20 bits per heavy atom. The smallest absolute Gasteiger partial charge is 0.141 e. The maximum atomic E-state index is 12.9. The highest BCUT2D eigenvalue weighted by Crippen LogP contribution is 2.11. The van der Waals surface area contributed by atoms with Crippen LogP contribution in [0.2, 0.25) is 0 Å². The fraction of sp³-hybridized carbons (Fsp3) is 0.545. The number of hydrogen-bond acceptors (Lipinski definition) is 3. The number of nitrogens with one attached hydrogen (secondary N) is 1. The quantitative estimate of drug-likeness (QED) is 0.809. The standard InChI is InChI=1S/C11H17FN2O/c1-8(15-3)5-14-9(2)10-4-11(12)7-13-6-10/h4,6-9,14H,5H2,1-3H3. The van der Waals surface area contributed by atoms with E-state index in [2.05, 4.69) is 10.3 Å². The topological polar surface area (TPSA) is 34.1 Å². The number of aromatic nitrogens is 1. The zero-order valence-electron chi connectivity index (χ0n) is 9.33. The zero-order chi connectivity index (χ0) is 11.3. The molecular weight excluding hydrogens is 195 g/mol. The molecule has 0 radical (unpaired) electrons. The van der Waals surface area contributed by atoms with E-state index in [0.29, 0.717) is 0 Å². The minimum absolute atomic E-state index is 0.0748. The van der Waals surface area contributed by atoms with Gasteiger partial charge in [-0.05, 0) is 25.5 Å². The molecule has 4 heteroatoms. The van der Waals surface area contributed by atoms with Crippen LogP contribution in [0.1, 0.15) is 25.5 Å². The van der Waals surface area contributed by atoms with E-state index in [-0.39, 0.29) is 18.0 Å². The van der Waals surface area contributed by atoms with Crippen LogP contribution in [0, 0.1) is 5.82 Å². The third-order valence-electron chi connectivity index (χ3n) is 2.34. The van der Waals surface area contributed by atoms with Crippen molar-refractivity contribution in [3.05, 3.63) is 29.8 Å². The van der Waals surface area contributed by atoms with Crippen molar-refractivity contribution in [3.63, 3.8) is 0 Å². The van der Waals surface area contributed by atoms with Crippen LogP contribution in [0.4, 0.5) is 4.39 Å². The van der Waals surface area contributed by atoms with Crippen LogP contribution in [-0.4, -0.2) is 24.7 Å². The maximum absolute atomic E-state index is 12.9. The van der Waals surface area contributed by atoms with Crippen LogP contribution < -0.4 is 5.32 Å². The Kier molecular flexibility index (Phi) is 4.65. The summed E-state index contributed by atoms with van der Waals surface area (Å²) in [6.07, 6.45) is 3.01. The summed E-state index contributed by atoms with van der Waals surface area (Å²) in [6, 6.07) is 1.56. The number of pyridine rings is 1. The minimum Gasteiger partial charge on any atom is -0.380 e. The second-order valence-corrected chi connectivity index (χ2v) is 3.61. The normalized spacial score (nSPS) is 14.9. The van der Waals surface area contributed by atoms with E-state index in [4.69, 9.17) is 4.74 Å². The summed E-state index contributed by atoms with van der Waals surface area (Å²) in [5.41, 5.74) is 0.846.